The van der Waals surface area contributed by atoms with Crippen LogP contribution >= 0.6 is 0 Å². The Balaban J connectivity index is 1.68. The molecule has 0 unspecified atom stereocenters. The predicted octanol–water partition coefficient (Wildman–Crippen LogP) is 8.28. The van der Waals surface area contributed by atoms with Gasteiger partial charge in [-0.1, -0.05) is 55.6 Å². The Morgan fingerprint density at radius 2 is 1.72 bits per heavy atom. The van der Waals surface area contributed by atoms with Crippen molar-refractivity contribution in [3.63, 3.8) is 0 Å². The summed E-state index contributed by atoms with van der Waals surface area (Å²) < 4.78 is 77.2. The SMILES string of the molecule is [2H]c1c([2H])c(C2([2H])CCCCC2)c([2H])c([2H])c1-c1c(C#N)ccc2c1oc1c(-c3cc(C([2H])([2H])[2H])cc[n+]3C)c(C)ccc12. The minimum atomic E-state index is -2.31. The minimum absolute atomic E-state index is 0.0439. The molecule has 1 aliphatic carbocycles. The van der Waals surface area contributed by atoms with Crippen molar-refractivity contribution in [2.75, 3.05) is 0 Å². The average molecular weight is 480 g/mol. The maximum Gasteiger partial charge on any atom is 0.216 e. The monoisotopic (exact) mass is 479 g/mol. The first-order chi connectivity index (χ1) is 20.8. The molecule has 2 heterocycles. The van der Waals surface area contributed by atoms with Gasteiger partial charge in [-0.15, -0.1) is 0 Å². The van der Waals surface area contributed by atoms with E-state index in [1.165, 1.54) is 0 Å². The molecular formula is C33H31N2O+. The van der Waals surface area contributed by atoms with Crippen molar-refractivity contribution < 1.29 is 20.0 Å². The van der Waals surface area contributed by atoms with E-state index in [4.69, 9.17) is 15.4 Å². The van der Waals surface area contributed by atoms with Crippen LogP contribution in [-0.2, 0) is 7.05 Å². The lowest BCUT2D eigenvalue weighted by Crippen LogP contribution is -2.30. The number of benzene rings is 3. The smallest absolute Gasteiger partial charge is 0.216 e. The van der Waals surface area contributed by atoms with E-state index < -0.39 is 12.7 Å². The number of aryl methyl sites for hydroxylation is 3. The molecule has 0 N–H and O–H groups in total. The van der Waals surface area contributed by atoms with E-state index in [1.807, 2.05) is 30.7 Å². The lowest BCUT2D eigenvalue weighted by Gasteiger charge is -2.22. The Morgan fingerprint density at radius 1 is 1.00 bits per heavy atom. The van der Waals surface area contributed by atoms with Gasteiger partial charge < -0.3 is 4.42 Å². The number of aromatic nitrogens is 1. The van der Waals surface area contributed by atoms with Crippen molar-refractivity contribution in [2.45, 2.75) is 51.8 Å². The Kier molecular flexibility index (Phi) is 3.80. The number of rotatable bonds is 3. The first-order valence-electron chi connectivity index (χ1n) is 16.3. The number of hydrogen-bond acceptors (Lipinski definition) is 2. The van der Waals surface area contributed by atoms with Crippen LogP contribution in [0.1, 0.15) is 71.2 Å². The van der Waals surface area contributed by atoms with Gasteiger partial charge in [-0.05, 0) is 66.9 Å². The van der Waals surface area contributed by atoms with Crippen molar-refractivity contribution in [3.8, 4) is 28.5 Å². The van der Waals surface area contributed by atoms with Crippen LogP contribution in [0.5, 0.6) is 0 Å². The van der Waals surface area contributed by atoms with Gasteiger partial charge in [0.15, 0.2) is 6.20 Å². The number of pyridine rings is 1. The molecule has 1 saturated carbocycles. The highest BCUT2D eigenvalue weighted by molar-refractivity contribution is 6.14. The molecule has 5 aromatic rings. The summed E-state index contributed by atoms with van der Waals surface area (Å²) >= 11 is 0. The Hall–Kier alpha value is -3.90. The fourth-order valence-corrected chi connectivity index (χ4v) is 5.32. The van der Waals surface area contributed by atoms with Gasteiger partial charge >= 0.3 is 0 Å². The predicted molar refractivity (Wildman–Crippen MR) is 146 cm³/mol. The van der Waals surface area contributed by atoms with Gasteiger partial charge in [0.05, 0.1) is 22.7 Å². The molecule has 0 atom stereocenters. The zero-order chi connectivity index (χ0) is 31.7. The second-order valence-corrected chi connectivity index (χ2v) is 9.54. The highest BCUT2D eigenvalue weighted by atomic mass is 16.3. The quantitative estimate of drug-likeness (QED) is 0.244. The molecule has 0 saturated heterocycles. The standard InChI is InChI=1S/C33H31N2O/c1-21-17-18-35(3)29(19-21)30-22(2)9-15-27-28-16-14-26(20-34)31(33(28)36-32(27)30)25-12-10-24(11-13-25)23-7-5-4-6-8-23/h9-19,23H,4-8H2,1-3H3/q+1/i1D3,10D,11D,12D,13D,23D. The Morgan fingerprint density at radius 3 is 2.44 bits per heavy atom. The number of hydrogen-bond donors (Lipinski definition) is 0. The van der Waals surface area contributed by atoms with Crippen molar-refractivity contribution in [1.82, 2.24) is 0 Å². The Bertz CT molecular complexity index is 2000. The molecule has 0 radical (unpaired) electrons. The molecule has 178 valence electrons. The summed E-state index contributed by atoms with van der Waals surface area (Å²) in [6, 6.07) is 11.3. The zero-order valence-electron chi connectivity index (χ0n) is 28.4. The fourth-order valence-electron chi connectivity index (χ4n) is 5.32. The molecule has 36 heavy (non-hydrogen) atoms. The third-order valence-electron chi connectivity index (χ3n) is 7.23. The molecule has 3 aromatic carbocycles. The van der Waals surface area contributed by atoms with Crippen LogP contribution in [0.3, 0.4) is 0 Å². The van der Waals surface area contributed by atoms with Crippen molar-refractivity contribution >= 4 is 21.9 Å². The first-order valence-corrected chi connectivity index (χ1v) is 12.3. The number of furan rings is 1. The third kappa shape index (κ3) is 3.69. The summed E-state index contributed by atoms with van der Waals surface area (Å²) in [7, 11) is 1.82. The van der Waals surface area contributed by atoms with Crippen molar-refractivity contribution in [3.05, 3.63) is 89.0 Å². The van der Waals surface area contributed by atoms with Crippen LogP contribution in [-0.4, -0.2) is 0 Å². The molecule has 0 aliphatic heterocycles. The van der Waals surface area contributed by atoms with Crippen molar-refractivity contribution in [1.29, 1.82) is 5.26 Å². The largest absolute Gasteiger partial charge is 0.454 e. The number of nitriles is 1. The van der Waals surface area contributed by atoms with E-state index in [-0.39, 0.29) is 57.6 Å². The highest BCUT2D eigenvalue weighted by Gasteiger charge is 2.23. The van der Waals surface area contributed by atoms with Crippen LogP contribution in [0.2, 0.25) is 0 Å². The molecular weight excluding hydrogens is 440 g/mol. The van der Waals surface area contributed by atoms with Gasteiger partial charge in [-0.3, -0.25) is 0 Å². The van der Waals surface area contributed by atoms with Gasteiger partial charge in [-0.2, -0.15) is 5.26 Å². The van der Waals surface area contributed by atoms with E-state index in [1.54, 1.807) is 30.5 Å². The van der Waals surface area contributed by atoms with Gasteiger partial charge in [-0.25, -0.2) is 4.57 Å². The van der Waals surface area contributed by atoms with Gasteiger partial charge in [0, 0.05) is 34.0 Å². The van der Waals surface area contributed by atoms with Gasteiger partial charge in [0.1, 0.15) is 18.2 Å². The van der Waals surface area contributed by atoms with Crippen LogP contribution in [0, 0.1) is 25.1 Å². The minimum Gasteiger partial charge on any atom is -0.454 e. The average Bonchev–Trinajstić information content (AvgIpc) is 3.35. The van der Waals surface area contributed by atoms with Gasteiger partial charge in [0.25, 0.3) is 0 Å². The lowest BCUT2D eigenvalue weighted by atomic mass is 9.83. The molecule has 6 rings (SSSR count). The molecule has 1 fully saturated rings. The molecule has 2 aromatic heterocycles. The summed E-state index contributed by atoms with van der Waals surface area (Å²) in [6.45, 7) is -0.416. The van der Waals surface area contributed by atoms with Crippen LogP contribution in [0.25, 0.3) is 44.3 Å². The second-order valence-electron chi connectivity index (χ2n) is 9.54. The van der Waals surface area contributed by atoms with Gasteiger partial charge in [0.2, 0.25) is 5.69 Å². The fraction of sp³-hybridized carbons (Fsp3) is 0.273. The summed E-state index contributed by atoms with van der Waals surface area (Å²) in [5.74, 6) is -1.20. The molecule has 0 amide bonds. The van der Waals surface area contributed by atoms with Crippen LogP contribution in [0.4, 0.5) is 0 Å². The maximum absolute atomic E-state index is 10.2. The number of fused-ring (bicyclic) bond motifs is 3. The van der Waals surface area contributed by atoms with Crippen molar-refractivity contribution in [2.24, 2.45) is 7.05 Å². The molecule has 1 aliphatic rings. The maximum atomic E-state index is 10.2. The molecule has 0 bridgehead atoms. The summed E-state index contributed by atoms with van der Waals surface area (Å²) in [4.78, 5) is 0. The number of nitrogens with zero attached hydrogens (tertiary/aromatic N) is 2. The van der Waals surface area contributed by atoms with E-state index in [0.717, 1.165) is 24.8 Å². The Labute approximate surface area is 223 Å². The van der Waals surface area contributed by atoms with Crippen LogP contribution < -0.4 is 4.57 Å². The topological polar surface area (TPSA) is 40.8 Å². The second kappa shape index (κ2) is 8.95. The third-order valence-corrected chi connectivity index (χ3v) is 7.23. The molecule has 3 nitrogen and oxygen atoms in total. The first kappa shape index (κ1) is 15.3. The lowest BCUT2D eigenvalue weighted by molar-refractivity contribution is -0.660. The summed E-state index contributed by atoms with van der Waals surface area (Å²) in [5, 5.41) is 11.5. The molecule has 3 heteroatoms. The normalized spacial score (nSPS) is 18.8. The highest BCUT2D eigenvalue weighted by Crippen LogP contribution is 2.42. The van der Waals surface area contributed by atoms with E-state index in [2.05, 4.69) is 6.07 Å². The summed E-state index contributed by atoms with van der Waals surface area (Å²) in [5.41, 5.74) is 3.35. The van der Waals surface area contributed by atoms with E-state index >= 15 is 0 Å². The summed E-state index contributed by atoms with van der Waals surface area (Å²) in [6.07, 6.45) is 5.17. The molecule has 0 spiro atoms. The van der Waals surface area contributed by atoms with Crippen LogP contribution in [0.15, 0.2) is 71.2 Å². The zero-order valence-corrected chi connectivity index (χ0v) is 20.4. The van der Waals surface area contributed by atoms with E-state index in [0.29, 0.717) is 40.5 Å². The van der Waals surface area contributed by atoms with E-state index in [9.17, 15) is 5.26 Å².